The molecule has 0 unspecified atom stereocenters. The molecule has 372 valence electrons. The van der Waals surface area contributed by atoms with Crippen LogP contribution in [-0.2, 0) is 6.54 Å². The molecule has 72 heavy (non-hydrogen) atoms. The molecule has 0 aliphatic rings. The maximum atomic E-state index is 15.4. The zero-order valence-electron chi connectivity index (χ0n) is 34.7. The van der Waals surface area contributed by atoms with Crippen LogP contribution < -0.4 is 31.2 Å². The van der Waals surface area contributed by atoms with Crippen LogP contribution in [0.15, 0.2) is 91.0 Å². The monoisotopic (exact) mass is 1040 g/mol. The highest BCUT2D eigenvalue weighted by molar-refractivity contribution is 7.20. The summed E-state index contributed by atoms with van der Waals surface area (Å²) < 4.78 is 302. The normalized spacial score (nSPS) is 11.5. The second kappa shape index (κ2) is 19.6. The lowest BCUT2D eigenvalue weighted by molar-refractivity contribution is -0.666. The average molecular weight is 1040 g/mol. The molecule has 1 aromatic heterocycles. The van der Waals surface area contributed by atoms with E-state index in [-0.39, 0.29) is 5.56 Å². The average Bonchev–Trinajstić information content (AvgIpc) is 3.37. The van der Waals surface area contributed by atoms with Gasteiger partial charge in [0.25, 0.3) is 0 Å². The van der Waals surface area contributed by atoms with E-state index in [1.165, 1.54) is 6.07 Å². The molecule has 25 heteroatoms. The summed E-state index contributed by atoms with van der Waals surface area (Å²) in [7, 11) is 0. The molecule has 0 aliphatic heterocycles. The molecule has 0 fully saturated rings. The van der Waals surface area contributed by atoms with Gasteiger partial charge in [-0.2, -0.15) is 4.57 Å². The standard InChI is InChI=1S/C24BF20.C23H17NO3/c26-5-1(6(27)14(35)21(42)13(5)34)25(2-7(28)15(36)22(43)16(37)8(2)29,3-9(30)17(38)23(44)18(39)10(3)31)4-11(32)19(40)24(45)20(41)12(4)33;25-23(26)19-10-6-11-20(15-19)27-22-14-13-18-9-4-5-12-21(18)24(22)16-17-7-2-1-3-8-17/h;1-15H,16H2/q-1;/p+1. The number of pyridine rings is 1. The van der Waals surface area contributed by atoms with Crippen molar-refractivity contribution in [1.29, 1.82) is 0 Å². The number of carboxylic acids is 1. The highest BCUT2D eigenvalue weighted by Gasteiger charge is 2.52. The molecule has 0 radical (unpaired) electrons. The maximum absolute atomic E-state index is 15.4. The first-order valence-electron chi connectivity index (χ1n) is 19.6. The van der Waals surface area contributed by atoms with Gasteiger partial charge in [-0.3, -0.25) is 0 Å². The quantitative estimate of drug-likeness (QED) is 0.0515. The maximum Gasteiger partial charge on any atom is 0.374 e. The summed E-state index contributed by atoms with van der Waals surface area (Å²) >= 11 is 0. The minimum Gasteiger partial charge on any atom is -0.478 e. The van der Waals surface area contributed by atoms with E-state index in [1.54, 1.807) is 18.2 Å². The van der Waals surface area contributed by atoms with Crippen LogP contribution in [0, 0.1) is 116 Å². The van der Waals surface area contributed by atoms with E-state index in [0.29, 0.717) is 18.2 Å². The molecule has 0 saturated heterocycles. The van der Waals surface area contributed by atoms with E-state index in [9.17, 15) is 62.6 Å². The molecule has 0 bridgehead atoms. The summed E-state index contributed by atoms with van der Waals surface area (Å²) in [6.07, 6.45) is -7.22. The topological polar surface area (TPSA) is 50.4 Å². The number of nitrogens with zero attached hydrogens (tertiary/aromatic N) is 1. The summed E-state index contributed by atoms with van der Waals surface area (Å²) in [6.45, 7) is 0.649. The third-order valence-electron chi connectivity index (χ3n) is 11.1. The van der Waals surface area contributed by atoms with E-state index < -0.39 is 150 Å². The van der Waals surface area contributed by atoms with Crippen molar-refractivity contribution in [1.82, 2.24) is 0 Å². The smallest absolute Gasteiger partial charge is 0.374 e. The van der Waals surface area contributed by atoms with Gasteiger partial charge in [-0.25, -0.2) is 92.6 Å². The van der Waals surface area contributed by atoms with Crippen LogP contribution in [0.5, 0.6) is 11.6 Å². The van der Waals surface area contributed by atoms with Crippen LogP contribution in [0.1, 0.15) is 15.9 Å². The van der Waals surface area contributed by atoms with Crippen molar-refractivity contribution in [2.75, 3.05) is 0 Å². The number of halogens is 20. The van der Waals surface area contributed by atoms with Crippen molar-refractivity contribution in [3.8, 4) is 11.6 Å². The van der Waals surface area contributed by atoms with Gasteiger partial charge in [-0.05, 0) is 30.3 Å². The number of hydrogen-bond donors (Lipinski definition) is 1. The van der Waals surface area contributed by atoms with Gasteiger partial charge < -0.3 is 9.84 Å². The molecule has 0 saturated carbocycles. The first-order valence-corrected chi connectivity index (χ1v) is 19.6. The number of carboxylic acid groups (broad SMARTS) is 1. The highest BCUT2D eigenvalue weighted by Crippen LogP contribution is 2.31. The Labute approximate surface area is 388 Å². The van der Waals surface area contributed by atoms with Crippen molar-refractivity contribution in [2.24, 2.45) is 0 Å². The Morgan fingerprint density at radius 1 is 0.403 bits per heavy atom. The number of carbonyl (C=O) groups is 1. The number of aromatic carboxylic acids is 1. The minimum absolute atomic E-state index is 0.197. The number of ether oxygens (including phenoxy) is 1. The molecule has 0 aliphatic carbocycles. The fraction of sp³-hybridized carbons (Fsp3) is 0.0213. The summed E-state index contributed by atoms with van der Waals surface area (Å²) in [5, 5.41) is 10.3. The second-order valence-corrected chi connectivity index (χ2v) is 15.0. The molecule has 7 aromatic carbocycles. The molecular weight excluding hydrogens is 1020 g/mol. The van der Waals surface area contributed by atoms with Crippen molar-refractivity contribution in [2.45, 2.75) is 6.54 Å². The molecule has 8 rings (SSSR count). The van der Waals surface area contributed by atoms with Crippen LogP contribution in [-0.4, -0.2) is 17.2 Å². The van der Waals surface area contributed by atoms with Crippen LogP contribution in [0.2, 0.25) is 0 Å². The van der Waals surface area contributed by atoms with Gasteiger partial charge in [0.05, 0.1) is 11.6 Å². The van der Waals surface area contributed by atoms with Gasteiger partial charge in [0.1, 0.15) is 58.4 Å². The zero-order chi connectivity index (χ0) is 53.0. The first kappa shape index (κ1) is 51.7. The molecule has 4 nitrogen and oxygen atoms in total. The molecule has 0 amide bonds. The van der Waals surface area contributed by atoms with Gasteiger partial charge in [0.2, 0.25) is 5.52 Å². The predicted octanol–water partition coefficient (Wildman–Crippen LogP) is 10.5. The van der Waals surface area contributed by atoms with Crippen LogP contribution in [0.4, 0.5) is 87.8 Å². The predicted molar refractivity (Wildman–Crippen MR) is 212 cm³/mol. The van der Waals surface area contributed by atoms with Crippen molar-refractivity contribution in [3.63, 3.8) is 0 Å². The SMILES string of the molecule is Fc1c(F)c(F)c([B-](c2c(F)c(F)c(F)c(F)c2F)(c2c(F)c(F)c(F)c(F)c2F)c2c(F)c(F)c(F)c(F)c2F)c(F)c1F.O=C(O)c1cccc(Oc2ccc3ccccc3[n+]2Cc2ccccc2)c1. The molecular formula is C47H18BF20NO3. The Morgan fingerprint density at radius 2 is 0.750 bits per heavy atom. The number of para-hydroxylation sites is 1. The largest absolute Gasteiger partial charge is 0.478 e. The fourth-order valence-corrected chi connectivity index (χ4v) is 7.95. The Bertz CT molecular complexity index is 3140. The molecule has 8 aromatic rings. The Morgan fingerprint density at radius 3 is 1.12 bits per heavy atom. The van der Waals surface area contributed by atoms with E-state index in [0.717, 1.165) is 16.5 Å². The van der Waals surface area contributed by atoms with E-state index in [1.807, 2.05) is 42.5 Å². The highest BCUT2D eigenvalue weighted by atomic mass is 19.2. The van der Waals surface area contributed by atoms with E-state index >= 15 is 35.1 Å². The lowest BCUT2D eigenvalue weighted by Gasteiger charge is -2.44. The Hall–Kier alpha value is -8.12. The third-order valence-corrected chi connectivity index (χ3v) is 11.1. The summed E-state index contributed by atoms with van der Waals surface area (Å²) in [5.74, 6) is -71.2. The second-order valence-electron chi connectivity index (χ2n) is 15.0. The van der Waals surface area contributed by atoms with Crippen LogP contribution >= 0.6 is 0 Å². The first-order chi connectivity index (χ1) is 33.9. The number of fused-ring (bicyclic) bond motifs is 1. The van der Waals surface area contributed by atoms with E-state index in [2.05, 4.69) is 28.8 Å². The fourth-order valence-electron chi connectivity index (χ4n) is 7.95. The lowest BCUT2D eigenvalue weighted by atomic mass is 9.12. The Balaban J connectivity index is 0.000000238. The number of hydrogen-bond acceptors (Lipinski definition) is 2. The summed E-state index contributed by atoms with van der Waals surface area (Å²) in [5.41, 5.74) is -11.9. The van der Waals surface area contributed by atoms with Crippen LogP contribution in [0.3, 0.4) is 0 Å². The number of rotatable bonds is 9. The summed E-state index contributed by atoms with van der Waals surface area (Å²) in [6, 6.07) is 28.7. The van der Waals surface area contributed by atoms with Gasteiger partial charge in [-0.15, -0.1) is 21.9 Å². The van der Waals surface area contributed by atoms with Gasteiger partial charge in [0.15, 0.2) is 76.4 Å². The van der Waals surface area contributed by atoms with Gasteiger partial charge >= 0.3 is 11.8 Å². The molecule has 1 heterocycles. The van der Waals surface area contributed by atoms with Crippen LogP contribution in [0.25, 0.3) is 10.9 Å². The van der Waals surface area contributed by atoms with Crippen molar-refractivity contribution >= 4 is 44.9 Å². The number of benzene rings is 7. The Kier molecular flexibility index (Phi) is 14.1. The molecule has 0 spiro atoms. The van der Waals surface area contributed by atoms with Crippen molar-refractivity contribution in [3.05, 3.63) is 218 Å². The molecule has 1 N–H and O–H groups in total. The van der Waals surface area contributed by atoms with Crippen molar-refractivity contribution < 1.29 is 107 Å². The lowest BCUT2D eigenvalue weighted by Crippen LogP contribution is -2.81. The minimum atomic E-state index is -7.22. The van der Waals surface area contributed by atoms with E-state index in [4.69, 9.17) is 4.74 Å². The summed E-state index contributed by atoms with van der Waals surface area (Å²) in [4.78, 5) is 11.2. The van der Waals surface area contributed by atoms with Gasteiger partial charge in [0, 0.05) is 17.0 Å². The third kappa shape index (κ3) is 8.34. The van der Waals surface area contributed by atoms with Gasteiger partial charge in [-0.1, -0.05) is 48.5 Å². The number of aromatic nitrogens is 1. The zero-order valence-corrected chi connectivity index (χ0v) is 34.7. The molecule has 0 atom stereocenters.